The summed E-state index contributed by atoms with van der Waals surface area (Å²) >= 11 is 0. The summed E-state index contributed by atoms with van der Waals surface area (Å²) in [4.78, 5) is 25.8. The first-order valence-electron chi connectivity index (χ1n) is 6.22. The van der Waals surface area contributed by atoms with Crippen LogP contribution in [0.25, 0.3) is 0 Å². The number of ether oxygens (including phenoxy) is 1. The highest BCUT2D eigenvalue weighted by atomic mass is 16.5. The molecule has 2 aliphatic rings. The second-order valence-electron chi connectivity index (χ2n) is 4.77. The number of carbonyl (C=O) groups excluding carboxylic acids is 2. The van der Waals surface area contributed by atoms with Crippen LogP contribution in [0.15, 0.2) is 0 Å². The van der Waals surface area contributed by atoms with Crippen molar-refractivity contribution >= 4 is 11.8 Å². The average Bonchev–Trinajstić information content (AvgIpc) is 2.34. The molecule has 2 heterocycles. The highest BCUT2D eigenvalue weighted by molar-refractivity contribution is 6.01. The van der Waals surface area contributed by atoms with Crippen molar-refractivity contribution in [3.63, 3.8) is 0 Å². The van der Waals surface area contributed by atoms with Crippen molar-refractivity contribution in [2.75, 3.05) is 26.3 Å². The standard InChI is InChI=1S/C12H19NO4/c1-2-17-12(16)10-6-13-5-8(11(10)15)3-4-9(13)7-14/h8-10,14H,2-7H2,1H3. The molecule has 2 fully saturated rings. The zero-order valence-electron chi connectivity index (χ0n) is 10.1. The number of aliphatic hydroxyl groups excluding tert-OH is 1. The molecular weight excluding hydrogens is 222 g/mol. The van der Waals surface area contributed by atoms with E-state index in [1.54, 1.807) is 6.92 Å². The van der Waals surface area contributed by atoms with E-state index in [4.69, 9.17) is 4.74 Å². The normalized spacial score (nSPS) is 36.7. The zero-order valence-corrected chi connectivity index (χ0v) is 10.1. The van der Waals surface area contributed by atoms with E-state index >= 15 is 0 Å². The van der Waals surface area contributed by atoms with Gasteiger partial charge in [-0.15, -0.1) is 0 Å². The second kappa shape index (κ2) is 5.14. The highest BCUT2D eigenvalue weighted by Crippen LogP contribution is 2.30. The van der Waals surface area contributed by atoms with Crippen LogP contribution in [0.5, 0.6) is 0 Å². The predicted octanol–water partition coefficient (Wildman–Crippen LogP) is -0.179. The maximum atomic E-state index is 12.1. The van der Waals surface area contributed by atoms with E-state index in [0.717, 1.165) is 12.8 Å². The molecule has 1 N–H and O–H groups in total. The van der Waals surface area contributed by atoms with Crippen molar-refractivity contribution in [1.82, 2.24) is 4.90 Å². The number of Topliss-reactive ketones (excluding diaryl/α,β-unsaturated/α-hetero) is 1. The molecule has 0 radical (unpaired) electrons. The molecule has 5 heteroatoms. The summed E-state index contributed by atoms with van der Waals surface area (Å²) in [5.74, 6) is -1.09. The molecule has 0 aromatic heterocycles. The molecule has 0 aliphatic carbocycles. The zero-order chi connectivity index (χ0) is 12.4. The molecule has 0 spiro atoms. The first kappa shape index (κ1) is 12.5. The molecule has 0 aromatic rings. The van der Waals surface area contributed by atoms with Crippen molar-refractivity contribution in [2.45, 2.75) is 25.8 Å². The fourth-order valence-electron chi connectivity index (χ4n) is 2.80. The number of piperidine rings is 2. The van der Waals surface area contributed by atoms with Gasteiger partial charge in [-0.3, -0.25) is 14.5 Å². The molecule has 2 saturated heterocycles. The van der Waals surface area contributed by atoms with Crippen molar-refractivity contribution in [1.29, 1.82) is 0 Å². The average molecular weight is 241 g/mol. The van der Waals surface area contributed by atoms with Gasteiger partial charge in [0, 0.05) is 25.0 Å². The van der Waals surface area contributed by atoms with Crippen molar-refractivity contribution in [3.05, 3.63) is 0 Å². The van der Waals surface area contributed by atoms with E-state index in [-0.39, 0.29) is 24.3 Å². The van der Waals surface area contributed by atoms with Gasteiger partial charge in [0.15, 0.2) is 5.78 Å². The SMILES string of the molecule is CCOC(=O)C1CN2CC(CCC2CO)C1=O. The summed E-state index contributed by atoms with van der Waals surface area (Å²) in [5, 5.41) is 9.25. The van der Waals surface area contributed by atoms with Crippen LogP contribution in [0, 0.1) is 11.8 Å². The Bertz CT molecular complexity index is 318. The van der Waals surface area contributed by atoms with Crippen LogP contribution in [0.2, 0.25) is 0 Å². The van der Waals surface area contributed by atoms with E-state index in [0.29, 0.717) is 19.7 Å². The number of carbonyl (C=O) groups is 2. The lowest BCUT2D eigenvalue weighted by atomic mass is 9.79. The van der Waals surface area contributed by atoms with Crippen molar-refractivity contribution in [3.8, 4) is 0 Å². The van der Waals surface area contributed by atoms with Gasteiger partial charge in [0.05, 0.1) is 13.2 Å². The maximum Gasteiger partial charge on any atom is 0.317 e. The van der Waals surface area contributed by atoms with E-state index in [9.17, 15) is 14.7 Å². The van der Waals surface area contributed by atoms with Gasteiger partial charge in [-0.1, -0.05) is 0 Å². The number of ketones is 1. The van der Waals surface area contributed by atoms with Gasteiger partial charge in [-0.2, -0.15) is 0 Å². The third-order valence-electron chi connectivity index (χ3n) is 3.76. The van der Waals surface area contributed by atoms with Crippen molar-refractivity contribution in [2.24, 2.45) is 11.8 Å². The van der Waals surface area contributed by atoms with Crippen LogP contribution in [-0.2, 0) is 14.3 Å². The third kappa shape index (κ3) is 2.35. The molecule has 4 unspecified atom stereocenters. The summed E-state index contributed by atoms with van der Waals surface area (Å²) in [6.07, 6.45) is 1.61. The molecule has 0 amide bonds. The Balaban J connectivity index is 2.09. The van der Waals surface area contributed by atoms with Crippen LogP contribution in [0.3, 0.4) is 0 Å². The van der Waals surface area contributed by atoms with E-state index in [1.165, 1.54) is 0 Å². The number of aliphatic hydroxyl groups is 1. The van der Waals surface area contributed by atoms with Crippen LogP contribution < -0.4 is 0 Å². The van der Waals surface area contributed by atoms with Crippen LogP contribution >= 0.6 is 0 Å². The minimum Gasteiger partial charge on any atom is -0.465 e. The third-order valence-corrected chi connectivity index (χ3v) is 3.76. The quantitative estimate of drug-likeness (QED) is 0.548. The Labute approximate surface area is 101 Å². The minimum absolute atomic E-state index is 0.0242. The van der Waals surface area contributed by atoms with Gasteiger partial charge < -0.3 is 9.84 Å². The van der Waals surface area contributed by atoms with Gasteiger partial charge in [-0.05, 0) is 19.8 Å². The fraction of sp³-hybridized carbons (Fsp3) is 0.833. The van der Waals surface area contributed by atoms with Gasteiger partial charge in [0.2, 0.25) is 0 Å². The topological polar surface area (TPSA) is 66.8 Å². The molecule has 0 aromatic carbocycles. The largest absolute Gasteiger partial charge is 0.465 e. The van der Waals surface area contributed by atoms with Crippen LogP contribution in [0.1, 0.15) is 19.8 Å². The lowest BCUT2D eigenvalue weighted by Gasteiger charge is -2.44. The summed E-state index contributed by atoms with van der Waals surface area (Å²) in [7, 11) is 0. The number of esters is 1. The Morgan fingerprint density at radius 1 is 1.47 bits per heavy atom. The van der Waals surface area contributed by atoms with Gasteiger partial charge >= 0.3 is 5.97 Å². The maximum absolute atomic E-state index is 12.1. The van der Waals surface area contributed by atoms with Crippen molar-refractivity contribution < 1.29 is 19.4 Å². The van der Waals surface area contributed by atoms with Crippen LogP contribution in [-0.4, -0.2) is 54.1 Å². The molecule has 96 valence electrons. The molecule has 4 atom stereocenters. The molecule has 0 saturated carbocycles. The summed E-state index contributed by atoms with van der Waals surface area (Å²) < 4.78 is 4.94. The number of nitrogens with zero attached hydrogens (tertiary/aromatic N) is 1. The summed E-state index contributed by atoms with van der Waals surface area (Å²) in [5.41, 5.74) is 0. The first-order valence-corrected chi connectivity index (χ1v) is 6.22. The Kier molecular flexibility index (Phi) is 3.79. The number of hydrogen-bond donors (Lipinski definition) is 1. The lowest BCUT2D eigenvalue weighted by molar-refractivity contribution is -0.158. The molecular formula is C12H19NO4. The summed E-state index contributed by atoms with van der Waals surface area (Å²) in [6, 6.07) is 0.0938. The second-order valence-corrected chi connectivity index (χ2v) is 4.77. The van der Waals surface area contributed by atoms with Gasteiger partial charge in [0.1, 0.15) is 5.92 Å². The Hall–Kier alpha value is -0.940. The minimum atomic E-state index is -0.650. The number of fused-ring (bicyclic) bond motifs is 2. The number of hydrogen-bond acceptors (Lipinski definition) is 5. The Morgan fingerprint density at radius 3 is 2.88 bits per heavy atom. The fourth-order valence-corrected chi connectivity index (χ4v) is 2.80. The molecule has 17 heavy (non-hydrogen) atoms. The molecule has 2 rings (SSSR count). The van der Waals surface area contributed by atoms with E-state index in [2.05, 4.69) is 4.90 Å². The lowest BCUT2D eigenvalue weighted by Crippen LogP contribution is -2.57. The molecule has 2 bridgehead atoms. The van der Waals surface area contributed by atoms with E-state index in [1.807, 2.05) is 0 Å². The van der Waals surface area contributed by atoms with E-state index < -0.39 is 11.9 Å². The number of rotatable bonds is 3. The first-order chi connectivity index (χ1) is 8.17. The van der Waals surface area contributed by atoms with Gasteiger partial charge in [-0.25, -0.2) is 0 Å². The van der Waals surface area contributed by atoms with Crippen LogP contribution in [0.4, 0.5) is 0 Å². The predicted molar refractivity (Wildman–Crippen MR) is 60.3 cm³/mol. The highest BCUT2D eigenvalue weighted by Gasteiger charge is 2.44. The van der Waals surface area contributed by atoms with Gasteiger partial charge in [0.25, 0.3) is 0 Å². The summed E-state index contributed by atoms with van der Waals surface area (Å²) in [6.45, 7) is 3.22. The molecule has 2 aliphatic heterocycles. The Morgan fingerprint density at radius 2 is 2.24 bits per heavy atom. The molecule has 5 nitrogen and oxygen atoms in total. The smallest absolute Gasteiger partial charge is 0.317 e. The monoisotopic (exact) mass is 241 g/mol.